The van der Waals surface area contributed by atoms with Crippen LogP contribution in [0.15, 0.2) is 0 Å². The molecule has 2 aliphatic carbocycles. The first-order valence-corrected chi connectivity index (χ1v) is 14.5. The summed E-state index contributed by atoms with van der Waals surface area (Å²) in [5.41, 5.74) is -2.88. The summed E-state index contributed by atoms with van der Waals surface area (Å²) in [5, 5.41) is 11.6. The second-order valence-corrected chi connectivity index (χ2v) is 12.8. The average molecular weight is 553 g/mol. The van der Waals surface area contributed by atoms with E-state index in [9.17, 15) is 19.5 Å². The highest BCUT2D eigenvalue weighted by Crippen LogP contribution is 2.70. The SMILES string of the molecule is CC[C@H](C)C(=O)O[C@@H]1C[C@H](O)[C@]2(CO2)[C@]2(COC(C)=O)[C@@H](OC(C)=O)C[C@@H](C)[C@](C)([C@@H]3C[C@H]4CCO[C@H]4O3)[C@@H]12. The van der Waals surface area contributed by atoms with Crippen molar-refractivity contribution in [2.24, 2.45) is 34.5 Å². The van der Waals surface area contributed by atoms with Crippen molar-refractivity contribution in [3.8, 4) is 0 Å². The fourth-order valence-electron chi connectivity index (χ4n) is 8.34. The first-order valence-electron chi connectivity index (χ1n) is 14.5. The van der Waals surface area contributed by atoms with Gasteiger partial charge in [0.1, 0.15) is 24.4 Å². The van der Waals surface area contributed by atoms with Gasteiger partial charge in [0.25, 0.3) is 0 Å². The van der Waals surface area contributed by atoms with Gasteiger partial charge in [-0.3, -0.25) is 14.4 Å². The molecule has 220 valence electrons. The first-order chi connectivity index (χ1) is 18.4. The van der Waals surface area contributed by atoms with Crippen LogP contribution in [-0.2, 0) is 42.8 Å². The van der Waals surface area contributed by atoms with Gasteiger partial charge in [-0.2, -0.15) is 0 Å². The summed E-state index contributed by atoms with van der Waals surface area (Å²) < 4.78 is 36.6. The summed E-state index contributed by atoms with van der Waals surface area (Å²) in [4.78, 5) is 38.0. The number of esters is 3. The number of carbonyl (C=O) groups excluding carboxylic acids is 3. The van der Waals surface area contributed by atoms with E-state index < -0.39 is 52.6 Å². The van der Waals surface area contributed by atoms with Crippen LogP contribution in [0, 0.1) is 34.5 Å². The fraction of sp³-hybridized carbons (Fsp3) is 0.897. The van der Waals surface area contributed by atoms with Gasteiger partial charge in [-0.15, -0.1) is 0 Å². The van der Waals surface area contributed by atoms with Gasteiger partial charge in [-0.05, 0) is 31.6 Å². The van der Waals surface area contributed by atoms with Crippen molar-refractivity contribution in [3.63, 3.8) is 0 Å². The van der Waals surface area contributed by atoms with E-state index >= 15 is 0 Å². The van der Waals surface area contributed by atoms with Crippen LogP contribution in [0.4, 0.5) is 0 Å². The van der Waals surface area contributed by atoms with Gasteiger partial charge in [-0.25, -0.2) is 0 Å². The topological polar surface area (TPSA) is 130 Å². The highest BCUT2D eigenvalue weighted by atomic mass is 16.7. The van der Waals surface area contributed by atoms with Crippen molar-refractivity contribution in [1.29, 1.82) is 0 Å². The van der Waals surface area contributed by atoms with E-state index in [-0.39, 0.29) is 55.8 Å². The van der Waals surface area contributed by atoms with Gasteiger partial charge in [0, 0.05) is 37.5 Å². The number of aliphatic hydroxyl groups excluding tert-OH is 1. The van der Waals surface area contributed by atoms with E-state index in [4.69, 9.17) is 28.4 Å². The summed E-state index contributed by atoms with van der Waals surface area (Å²) >= 11 is 0. The summed E-state index contributed by atoms with van der Waals surface area (Å²) in [5.74, 6) is -1.90. The standard InChI is InChI=1S/C29H44O10/c1-7-15(2)25(33)38-20-12-21(32)29(14-36-29)28(13-35-17(4)30)23(37-18(5)31)10-16(3)27(6,24(20)28)22-11-19-8-9-34-26(19)39-22/h15-16,19-24,26,32H,7-14H2,1-6H3/t15-,16+,19+,20+,21-,22-,23-,24+,26-,27+,28+,29+/m0/s1. The molecule has 0 aromatic carbocycles. The number of ether oxygens (including phenoxy) is 6. The molecular formula is C29H44O10. The van der Waals surface area contributed by atoms with Crippen molar-refractivity contribution in [3.05, 3.63) is 0 Å². The number of rotatable bonds is 7. The minimum absolute atomic E-state index is 0.0306. The van der Waals surface area contributed by atoms with Crippen LogP contribution in [-0.4, -0.2) is 79.1 Å². The highest BCUT2D eigenvalue weighted by molar-refractivity contribution is 5.72. The molecule has 3 heterocycles. The molecule has 2 saturated carbocycles. The molecule has 0 amide bonds. The molecule has 10 nitrogen and oxygen atoms in total. The number of aliphatic hydroxyl groups is 1. The van der Waals surface area contributed by atoms with Gasteiger partial charge >= 0.3 is 17.9 Å². The lowest BCUT2D eigenvalue weighted by molar-refractivity contribution is -0.293. The van der Waals surface area contributed by atoms with Gasteiger partial charge in [0.15, 0.2) is 6.29 Å². The van der Waals surface area contributed by atoms with Crippen LogP contribution in [0.2, 0.25) is 0 Å². The maximum atomic E-state index is 13.2. The Morgan fingerprint density at radius 3 is 2.41 bits per heavy atom. The minimum atomic E-state index is -1.16. The molecule has 12 atom stereocenters. The van der Waals surface area contributed by atoms with Crippen molar-refractivity contribution < 1.29 is 47.9 Å². The molecule has 5 aliphatic rings. The minimum Gasteiger partial charge on any atom is -0.465 e. The zero-order chi connectivity index (χ0) is 28.3. The molecule has 5 rings (SSSR count). The molecule has 0 aromatic heterocycles. The molecule has 3 aliphatic heterocycles. The molecule has 3 saturated heterocycles. The zero-order valence-electron chi connectivity index (χ0n) is 24.0. The molecule has 0 bridgehead atoms. The Balaban J connectivity index is 1.67. The Kier molecular flexibility index (Phi) is 7.57. The summed E-state index contributed by atoms with van der Waals surface area (Å²) in [6.45, 7) is 11.4. The normalized spacial score (nSPS) is 47.2. The lowest BCUT2D eigenvalue weighted by Crippen LogP contribution is -2.75. The molecule has 5 fully saturated rings. The second-order valence-electron chi connectivity index (χ2n) is 12.8. The third-order valence-corrected chi connectivity index (χ3v) is 10.8. The van der Waals surface area contributed by atoms with E-state index in [0.717, 1.165) is 12.8 Å². The second kappa shape index (κ2) is 10.3. The number of fused-ring (bicyclic) bond motifs is 3. The predicted octanol–water partition coefficient (Wildman–Crippen LogP) is 2.77. The predicted molar refractivity (Wildman–Crippen MR) is 136 cm³/mol. The molecule has 1 spiro atoms. The number of epoxide rings is 1. The highest BCUT2D eigenvalue weighted by Gasteiger charge is 2.81. The molecule has 1 N–H and O–H groups in total. The Morgan fingerprint density at radius 2 is 1.82 bits per heavy atom. The van der Waals surface area contributed by atoms with Gasteiger partial charge in [0.2, 0.25) is 0 Å². The van der Waals surface area contributed by atoms with Crippen LogP contribution in [0.5, 0.6) is 0 Å². The van der Waals surface area contributed by atoms with E-state index in [0.29, 0.717) is 19.4 Å². The Bertz CT molecular complexity index is 967. The fourth-order valence-corrected chi connectivity index (χ4v) is 8.34. The first kappa shape index (κ1) is 28.8. The Morgan fingerprint density at radius 1 is 1.10 bits per heavy atom. The monoisotopic (exact) mass is 552 g/mol. The van der Waals surface area contributed by atoms with Crippen molar-refractivity contribution in [2.75, 3.05) is 19.8 Å². The van der Waals surface area contributed by atoms with Crippen LogP contribution in [0.1, 0.15) is 73.6 Å². The third-order valence-electron chi connectivity index (χ3n) is 10.8. The number of carbonyl (C=O) groups is 3. The average Bonchev–Trinajstić information content (AvgIpc) is 3.38. The quantitative estimate of drug-likeness (QED) is 0.286. The molecule has 10 heteroatoms. The van der Waals surface area contributed by atoms with Gasteiger partial charge < -0.3 is 33.5 Å². The number of hydrogen-bond acceptors (Lipinski definition) is 10. The third kappa shape index (κ3) is 4.41. The Hall–Kier alpha value is -1.75. The largest absolute Gasteiger partial charge is 0.465 e. The maximum absolute atomic E-state index is 13.2. The molecule has 0 unspecified atom stereocenters. The summed E-state index contributed by atoms with van der Waals surface area (Å²) in [7, 11) is 0. The smallest absolute Gasteiger partial charge is 0.308 e. The lowest BCUT2D eigenvalue weighted by atomic mass is 9.41. The van der Waals surface area contributed by atoms with Crippen LogP contribution >= 0.6 is 0 Å². The van der Waals surface area contributed by atoms with Crippen molar-refractivity contribution in [1.82, 2.24) is 0 Å². The van der Waals surface area contributed by atoms with E-state index in [1.807, 2.05) is 13.8 Å². The van der Waals surface area contributed by atoms with E-state index in [1.165, 1.54) is 13.8 Å². The molecule has 0 aromatic rings. The van der Waals surface area contributed by atoms with Gasteiger partial charge in [-0.1, -0.05) is 27.7 Å². The van der Waals surface area contributed by atoms with Crippen LogP contribution in [0.3, 0.4) is 0 Å². The van der Waals surface area contributed by atoms with E-state index in [1.54, 1.807) is 0 Å². The summed E-state index contributed by atoms with van der Waals surface area (Å²) in [6.07, 6.45) is -0.0662. The molecule has 0 radical (unpaired) electrons. The number of hydrogen-bond donors (Lipinski definition) is 1. The van der Waals surface area contributed by atoms with Crippen molar-refractivity contribution >= 4 is 17.9 Å². The summed E-state index contributed by atoms with van der Waals surface area (Å²) in [6, 6.07) is 0. The van der Waals surface area contributed by atoms with Crippen molar-refractivity contribution in [2.45, 2.75) is 110 Å². The maximum Gasteiger partial charge on any atom is 0.308 e. The lowest BCUT2D eigenvalue weighted by Gasteiger charge is -2.66. The molecule has 39 heavy (non-hydrogen) atoms. The van der Waals surface area contributed by atoms with Crippen LogP contribution < -0.4 is 0 Å². The zero-order valence-corrected chi connectivity index (χ0v) is 24.0. The van der Waals surface area contributed by atoms with E-state index in [2.05, 4.69) is 13.8 Å². The Labute approximate surface area is 230 Å². The van der Waals surface area contributed by atoms with Crippen LogP contribution in [0.25, 0.3) is 0 Å². The molecular weight excluding hydrogens is 508 g/mol. The van der Waals surface area contributed by atoms with Gasteiger partial charge in [0.05, 0.1) is 36.8 Å².